The standard InChI is InChI=1S/C23H27ClN4O/c1-15-9-18(13-25)10-16(2)23(15)29-20-11-21(24)27-22(12-20)26-19-5-7-28(8-6-19)14-17-3-4-17/h9-12,17,19H,3-8,14H2,1-2H3,(H,26,27). The number of piperidine rings is 1. The van der Waals surface area contributed by atoms with Crippen molar-refractivity contribution in [3.8, 4) is 17.6 Å². The third-order valence-corrected chi connectivity index (χ3v) is 5.92. The molecular weight excluding hydrogens is 384 g/mol. The predicted octanol–water partition coefficient (Wildman–Crippen LogP) is 5.30. The second kappa shape index (κ2) is 8.61. The molecule has 1 N–H and O–H groups in total. The van der Waals surface area contributed by atoms with Crippen LogP contribution < -0.4 is 10.1 Å². The summed E-state index contributed by atoms with van der Waals surface area (Å²) in [4.78, 5) is 7.03. The monoisotopic (exact) mass is 410 g/mol. The molecule has 1 aromatic heterocycles. The van der Waals surface area contributed by atoms with E-state index in [1.807, 2.05) is 32.0 Å². The number of pyridine rings is 1. The first kappa shape index (κ1) is 20.0. The number of ether oxygens (including phenoxy) is 1. The van der Waals surface area contributed by atoms with Gasteiger partial charge in [0.05, 0.1) is 11.6 Å². The van der Waals surface area contributed by atoms with Crippen LogP contribution in [0.5, 0.6) is 11.5 Å². The lowest BCUT2D eigenvalue weighted by Crippen LogP contribution is -2.40. The van der Waals surface area contributed by atoms with Crippen molar-refractivity contribution < 1.29 is 4.74 Å². The summed E-state index contributed by atoms with van der Waals surface area (Å²) in [7, 11) is 0. The molecule has 6 heteroatoms. The molecule has 2 fully saturated rings. The molecule has 0 unspecified atom stereocenters. The highest BCUT2D eigenvalue weighted by Gasteiger charge is 2.27. The minimum atomic E-state index is 0.403. The van der Waals surface area contributed by atoms with E-state index in [0.717, 1.165) is 54.5 Å². The maximum absolute atomic E-state index is 9.13. The van der Waals surface area contributed by atoms with Gasteiger partial charge in [0.1, 0.15) is 22.5 Å². The molecular formula is C23H27ClN4O. The van der Waals surface area contributed by atoms with Crippen LogP contribution in [0.3, 0.4) is 0 Å². The molecule has 0 radical (unpaired) electrons. The van der Waals surface area contributed by atoms with Crippen molar-refractivity contribution in [3.05, 3.63) is 46.1 Å². The normalized spacial score (nSPS) is 17.7. The molecule has 1 aliphatic carbocycles. The zero-order valence-electron chi connectivity index (χ0n) is 17.0. The third kappa shape index (κ3) is 5.20. The molecule has 4 rings (SSSR count). The quantitative estimate of drug-likeness (QED) is 0.654. The molecule has 1 aromatic carbocycles. The van der Waals surface area contributed by atoms with E-state index in [9.17, 15) is 0 Å². The molecule has 2 aromatic rings. The lowest BCUT2D eigenvalue weighted by Gasteiger charge is -2.32. The lowest BCUT2D eigenvalue weighted by molar-refractivity contribution is 0.211. The van der Waals surface area contributed by atoms with Crippen LogP contribution in [0.1, 0.15) is 42.4 Å². The largest absolute Gasteiger partial charge is 0.457 e. The summed E-state index contributed by atoms with van der Waals surface area (Å²) in [5.74, 6) is 3.10. The number of hydrogen-bond donors (Lipinski definition) is 1. The average Bonchev–Trinajstić information content (AvgIpc) is 3.50. The number of aromatic nitrogens is 1. The summed E-state index contributed by atoms with van der Waals surface area (Å²) in [6.45, 7) is 7.44. The van der Waals surface area contributed by atoms with Crippen LogP contribution in [-0.4, -0.2) is 35.6 Å². The number of nitrogens with zero attached hydrogens (tertiary/aromatic N) is 3. The number of nitriles is 1. The van der Waals surface area contributed by atoms with Crippen LogP contribution in [-0.2, 0) is 0 Å². The van der Waals surface area contributed by atoms with Crippen molar-refractivity contribution in [2.75, 3.05) is 25.0 Å². The third-order valence-electron chi connectivity index (χ3n) is 5.73. The van der Waals surface area contributed by atoms with Gasteiger partial charge in [0.15, 0.2) is 0 Å². The molecule has 0 bridgehead atoms. The Balaban J connectivity index is 1.42. The van der Waals surface area contributed by atoms with Gasteiger partial charge in [0, 0.05) is 37.8 Å². The van der Waals surface area contributed by atoms with Crippen molar-refractivity contribution in [1.82, 2.24) is 9.88 Å². The second-order valence-electron chi connectivity index (χ2n) is 8.33. The van der Waals surface area contributed by atoms with Gasteiger partial charge in [0.2, 0.25) is 0 Å². The molecule has 2 heterocycles. The lowest BCUT2D eigenvalue weighted by atomic mass is 10.0. The topological polar surface area (TPSA) is 61.2 Å². The van der Waals surface area contributed by atoms with Crippen molar-refractivity contribution in [2.24, 2.45) is 5.92 Å². The zero-order valence-corrected chi connectivity index (χ0v) is 17.8. The molecule has 29 heavy (non-hydrogen) atoms. The molecule has 2 aliphatic rings. The summed E-state index contributed by atoms with van der Waals surface area (Å²) in [5.41, 5.74) is 2.48. The van der Waals surface area contributed by atoms with Gasteiger partial charge in [-0.1, -0.05) is 11.6 Å². The van der Waals surface area contributed by atoms with Crippen LogP contribution in [0.4, 0.5) is 5.82 Å². The number of rotatable bonds is 6. The van der Waals surface area contributed by atoms with Gasteiger partial charge in [-0.05, 0) is 68.7 Å². The number of halogens is 1. The summed E-state index contributed by atoms with van der Waals surface area (Å²) >= 11 is 6.27. The molecule has 1 saturated carbocycles. The smallest absolute Gasteiger partial charge is 0.135 e. The van der Waals surface area contributed by atoms with E-state index in [0.29, 0.717) is 22.5 Å². The number of aryl methyl sites for hydroxylation is 2. The van der Waals surface area contributed by atoms with Gasteiger partial charge >= 0.3 is 0 Å². The molecule has 0 spiro atoms. The van der Waals surface area contributed by atoms with E-state index >= 15 is 0 Å². The summed E-state index contributed by atoms with van der Waals surface area (Å²) < 4.78 is 6.14. The Morgan fingerprint density at radius 2 is 1.83 bits per heavy atom. The van der Waals surface area contributed by atoms with E-state index in [1.54, 1.807) is 6.07 Å². The van der Waals surface area contributed by atoms with E-state index in [4.69, 9.17) is 21.6 Å². The Morgan fingerprint density at radius 3 is 2.45 bits per heavy atom. The molecule has 5 nitrogen and oxygen atoms in total. The van der Waals surface area contributed by atoms with E-state index in [2.05, 4.69) is 21.3 Å². The predicted molar refractivity (Wildman–Crippen MR) is 116 cm³/mol. The van der Waals surface area contributed by atoms with Crippen LogP contribution in [0.25, 0.3) is 0 Å². The van der Waals surface area contributed by atoms with Crippen molar-refractivity contribution in [1.29, 1.82) is 5.26 Å². The first-order valence-corrected chi connectivity index (χ1v) is 10.7. The van der Waals surface area contributed by atoms with E-state index in [1.165, 1.54) is 19.4 Å². The fourth-order valence-electron chi connectivity index (χ4n) is 4.03. The van der Waals surface area contributed by atoms with Gasteiger partial charge < -0.3 is 15.0 Å². The summed E-state index contributed by atoms with van der Waals surface area (Å²) in [5, 5.41) is 13.1. The van der Waals surface area contributed by atoms with Crippen molar-refractivity contribution in [2.45, 2.75) is 45.6 Å². The Labute approximate surface area is 177 Å². The molecule has 0 atom stereocenters. The SMILES string of the molecule is Cc1cc(C#N)cc(C)c1Oc1cc(Cl)nc(NC2CCN(CC3CC3)CC2)c1. The molecule has 0 amide bonds. The van der Waals surface area contributed by atoms with Gasteiger partial charge in [-0.15, -0.1) is 0 Å². The molecule has 1 aliphatic heterocycles. The van der Waals surface area contributed by atoms with Crippen molar-refractivity contribution >= 4 is 17.4 Å². The van der Waals surface area contributed by atoms with Gasteiger partial charge in [-0.2, -0.15) is 5.26 Å². The zero-order chi connectivity index (χ0) is 20.4. The van der Waals surface area contributed by atoms with Crippen molar-refractivity contribution in [3.63, 3.8) is 0 Å². The maximum Gasteiger partial charge on any atom is 0.135 e. The number of likely N-dealkylation sites (tertiary alicyclic amines) is 1. The number of anilines is 1. The highest BCUT2D eigenvalue weighted by Crippen LogP contribution is 2.33. The Morgan fingerprint density at radius 1 is 1.14 bits per heavy atom. The number of nitrogens with one attached hydrogen (secondary N) is 1. The summed E-state index contributed by atoms with van der Waals surface area (Å²) in [6, 6.07) is 9.88. The highest BCUT2D eigenvalue weighted by atomic mass is 35.5. The van der Waals surface area contributed by atoms with Gasteiger partial charge in [-0.3, -0.25) is 0 Å². The first-order valence-electron chi connectivity index (χ1n) is 10.4. The van der Waals surface area contributed by atoms with Gasteiger partial charge in [-0.25, -0.2) is 4.98 Å². The first-order chi connectivity index (χ1) is 14.0. The fourth-order valence-corrected chi connectivity index (χ4v) is 4.23. The highest BCUT2D eigenvalue weighted by molar-refractivity contribution is 6.29. The molecule has 1 saturated heterocycles. The van der Waals surface area contributed by atoms with E-state index < -0.39 is 0 Å². The van der Waals surface area contributed by atoms with Crippen LogP contribution >= 0.6 is 11.6 Å². The van der Waals surface area contributed by atoms with Crippen LogP contribution in [0.15, 0.2) is 24.3 Å². The Hall–Kier alpha value is -2.29. The van der Waals surface area contributed by atoms with Crippen LogP contribution in [0.2, 0.25) is 5.15 Å². The minimum absolute atomic E-state index is 0.403. The second-order valence-corrected chi connectivity index (χ2v) is 8.71. The van der Waals surface area contributed by atoms with E-state index in [-0.39, 0.29) is 0 Å². The number of benzene rings is 1. The number of hydrogen-bond acceptors (Lipinski definition) is 5. The Bertz CT molecular complexity index is 904. The Kier molecular flexibility index (Phi) is 5.94. The van der Waals surface area contributed by atoms with Gasteiger partial charge in [0.25, 0.3) is 0 Å². The average molecular weight is 411 g/mol. The summed E-state index contributed by atoms with van der Waals surface area (Å²) in [6.07, 6.45) is 5.05. The fraction of sp³-hybridized carbons (Fsp3) is 0.478. The molecule has 152 valence electrons. The van der Waals surface area contributed by atoms with Crippen LogP contribution in [0, 0.1) is 31.1 Å². The maximum atomic E-state index is 9.13. The minimum Gasteiger partial charge on any atom is -0.457 e.